The van der Waals surface area contributed by atoms with E-state index in [0.29, 0.717) is 21.6 Å². The van der Waals surface area contributed by atoms with Crippen LogP contribution in [0.3, 0.4) is 0 Å². The second-order valence-electron chi connectivity index (χ2n) is 5.06. The van der Waals surface area contributed by atoms with Crippen LogP contribution in [0.25, 0.3) is 0 Å². The number of thioether (sulfide) groups is 1. The highest BCUT2D eigenvalue weighted by Crippen LogP contribution is 2.29. The van der Waals surface area contributed by atoms with E-state index >= 15 is 0 Å². The van der Waals surface area contributed by atoms with Crippen LogP contribution in [-0.2, 0) is 0 Å². The van der Waals surface area contributed by atoms with Crippen molar-refractivity contribution in [1.29, 1.82) is 0 Å². The van der Waals surface area contributed by atoms with Gasteiger partial charge in [0.1, 0.15) is 5.69 Å². The number of hydrogen-bond donors (Lipinski definition) is 2. The number of pyridine rings is 1. The van der Waals surface area contributed by atoms with Crippen molar-refractivity contribution in [3.63, 3.8) is 0 Å². The van der Waals surface area contributed by atoms with Crippen LogP contribution in [0.15, 0.2) is 47.6 Å². The molecule has 3 rings (SSSR count). The monoisotopic (exact) mass is 382 g/mol. The van der Waals surface area contributed by atoms with Gasteiger partial charge in [-0.05, 0) is 36.2 Å². The third-order valence-electron chi connectivity index (χ3n) is 3.41. The molecule has 1 aromatic carbocycles. The Morgan fingerprint density at radius 3 is 2.88 bits per heavy atom. The van der Waals surface area contributed by atoms with Gasteiger partial charge in [0.2, 0.25) is 0 Å². The molecular formula is C16H16Cl2N4OS. The van der Waals surface area contributed by atoms with E-state index in [9.17, 15) is 4.79 Å². The zero-order valence-electron chi connectivity index (χ0n) is 12.6. The van der Waals surface area contributed by atoms with Crippen LogP contribution in [0.2, 0.25) is 5.02 Å². The molecule has 126 valence electrons. The second kappa shape index (κ2) is 8.37. The largest absolute Gasteiger partial charge is 0.379 e. The summed E-state index contributed by atoms with van der Waals surface area (Å²) in [6.07, 6.45) is 2.38. The molecule has 0 spiro atoms. The minimum atomic E-state index is -0.277. The lowest BCUT2D eigenvalue weighted by Crippen LogP contribution is -2.16. The number of benzene rings is 1. The maximum atomic E-state index is 12.2. The number of halogens is 2. The summed E-state index contributed by atoms with van der Waals surface area (Å²) >= 11 is 7.35. The fourth-order valence-electron chi connectivity index (χ4n) is 2.30. The van der Waals surface area contributed by atoms with E-state index in [1.807, 2.05) is 24.3 Å². The molecular weight excluding hydrogens is 367 g/mol. The first kappa shape index (κ1) is 18.6. The molecule has 1 aliphatic rings. The summed E-state index contributed by atoms with van der Waals surface area (Å²) in [7, 11) is 0. The van der Waals surface area contributed by atoms with Crippen molar-refractivity contribution in [2.24, 2.45) is 10.7 Å². The van der Waals surface area contributed by atoms with Gasteiger partial charge >= 0.3 is 0 Å². The molecule has 1 atom stereocenters. The van der Waals surface area contributed by atoms with Gasteiger partial charge in [0.05, 0.1) is 11.1 Å². The van der Waals surface area contributed by atoms with Gasteiger partial charge < -0.3 is 11.1 Å². The van der Waals surface area contributed by atoms with Crippen molar-refractivity contribution in [3.8, 4) is 0 Å². The van der Waals surface area contributed by atoms with Crippen molar-refractivity contribution >= 4 is 52.5 Å². The molecule has 24 heavy (non-hydrogen) atoms. The number of aromatic nitrogens is 1. The summed E-state index contributed by atoms with van der Waals surface area (Å²) in [6, 6.07) is 10.9. The average molecular weight is 383 g/mol. The molecule has 0 bridgehead atoms. The maximum absolute atomic E-state index is 12.2. The Morgan fingerprint density at radius 2 is 2.17 bits per heavy atom. The lowest BCUT2D eigenvalue weighted by Gasteiger charge is -2.19. The van der Waals surface area contributed by atoms with Gasteiger partial charge in [-0.1, -0.05) is 35.5 Å². The highest BCUT2D eigenvalue weighted by atomic mass is 35.5. The number of nitrogens with one attached hydrogen (secondary N) is 1. The highest BCUT2D eigenvalue weighted by molar-refractivity contribution is 8.13. The van der Waals surface area contributed by atoms with Gasteiger partial charge in [0, 0.05) is 17.6 Å². The first-order valence-electron chi connectivity index (χ1n) is 7.11. The van der Waals surface area contributed by atoms with Crippen LogP contribution in [0.4, 0.5) is 5.69 Å². The van der Waals surface area contributed by atoms with Crippen LogP contribution in [0.1, 0.15) is 28.5 Å². The fourth-order valence-corrected chi connectivity index (χ4v) is 3.16. The molecule has 0 saturated heterocycles. The molecule has 5 nitrogen and oxygen atoms in total. The SMILES string of the molecule is Cl.NC1=NC(c2cccc(NC(=O)c3ccc(Cl)cn3)c2)CCS1. The van der Waals surface area contributed by atoms with E-state index in [0.717, 1.165) is 17.7 Å². The lowest BCUT2D eigenvalue weighted by molar-refractivity contribution is 0.102. The standard InChI is InChI=1S/C16H15ClN4OS.ClH/c17-11-4-5-14(19-9-11)15(22)20-12-3-1-2-10(8-12)13-6-7-23-16(18)21-13;/h1-5,8-9,13H,6-7H2,(H2,18,21)(H,20,22);1H. The number of carbonyl (C=O) groups excluding carboxylic acids is 1. The number of rotatable bonds is 3. The molecule has 0 radical (unpaired) electrons. The predicted octanol–water partition coefficient (Wildman–Crippen LogP) is 3.90. The molecule has 0 fully saturated rings. The fraction of sp³-hybridized carbons (Fsp3) is 0.188. The third-order valence-corrected chi connectivity index (χ3v) is 4.48. The molecule has 2 heterocycles. The van der Waals surface area contributed by atoms with Gasteiger partial charge in [0.15, 0.2) is 5.17 Å². The van der Waals surface area contributed by atoms with Crippen LogP contribution < -0.4 is 11.1 Å². The zero-order valence-corrected chi connectivity index (χ0v) is 15.0. The van der Waals surface area contributed by atoms with Crippen LogP contribution >= 0.6 is 35.8 Å². The van der Waals surface area contributed by atoms with E-state index < -0.39 is 0 Å². The molecule has 2 aromatic rings. The van der Waals surface area contributed by atoms with Gasteiger partial charge in [0.25, 0.3) is 5.91 Å². The number of aliphatic imine (C=N–C) groups is 1. The molecule has 1 aromatic heterocycles. The zero-order chi connectivity index (χ0) is 16.2. The molecule has 8 heteroatoms. The van der Waals surface area contributed by atoms with Gasteiger partial charge in [-0.2, -0.15) is 0 Å². The number of carbonyl (C=O) groups is 1. The number of amidine groups is 1. The highest BCUT2D eigenvalue weighted by Gasteiger charge is 2.16. The van der Waals surface area contributed by atoms with Crippen LogP contribution in [0.5, 0.6) is 0 Å². The summed E-state index contributed by atoms with van der Waals surface area (Å²) in [5.41, 5.74) is 7.85. The molecule has 3 N–H and O–H groups in total. The average Bonchev–Trinajstić information content (AvgIpc) is 2.56. The quantitative estimate of drug-likeness (QED) is 0.843. The molecule has 1 unspecified atom stereocenters. The summed E-state index contributed by atoms with van der Waals surface area (Å²) in [5.74, 6) is 0.673. The number of amides is 1. The number of hydrogen-bond acceptors (Lipinski definition) is 5. The molecule has 0 saturated carbocycles. The summed E-state index contributed by atoms with van der Waals surface area (Å²) in [5, 5.41) is 3.95. The summed E-state index contributed by atoms with van der Waals surface area (Å²) in [6.45, 7) is 0. The maximum Gasteiger partial charge on any atom is 0.274 e. The Kier molecular flexibility index (Phi) is 6.48. The van der Waals surface area contributed by atoms with Crippen molar-refractivity contribution in [2.75, 3.05) is 11.1 Å². The van der Waals surface area contributed by atoms with Crippen LogP contribution in [-0.4, -0.2) is 21.8 Å². The van der Waals surface area contributed by atoms with Crippen molar-refractivity contribution in [2.45, 2.75) is 12.5 Å². The first-order chi connectivity index (χ1) is 11.1. The number of nitrogens with two attached hydrogens (primary N) is 1. The smallest absolute Gasteiger partial charge is 0.274 e. The molecule has 0 aliphatic carbocycles. The lowest BCUT2D eigenvalue weighted by atomic mass is 10.0. The van der Waals surface area contributed by atoms with Gasteiger partial charge in [-0.15, -0.1) is 12.4 Å². The molecule has 1 aliphatic heterocycles. The summed E-state index contributed by atoms with van der Waals surface area (Å²) in [4.78, 5) is 20.7. The van der Waals surface area contributed by atoms with E-state index in [2.05, 4.69) is 15.3 Å². The predicted molar refractivity (Wildman–Crippen MR) is 102 cm³/mol. The van der Waals surface area contributed by atoms with E-state index in [1.165, 1.54) is 6.20 Å². The Morgan fingerprint density at radius 1 is 1.33 bits per heavy atom. The topological polar surface area (TPSA) is 80.4 Å². The van der Waals surface area contributed by atoms with Gasteiger partial charge in [-0.3, -0.25) is 9.79 Å². The Labute approximate surface area is 155 Å². The first-order valence-corrected chi connectivity index (χ1v) is 8.47. The van der Waals surface area contributed by atoms with Crippen molar-refractivity contribution < 1.29 is 4.79 Å². The summed E-state index contributed by atoms with van der Waals surface area (Å²) < 4.78 is 0. The van der Waals surface area contributed by atoms with E-state index in [-0.39, 0.29) is 24.4 Å². The number of anilines is 1. The van der Waals surface area contributed by atoms with Crippen molar-refractivity contribution in [1.82, 2.24) is 4.98 Å². The van der Waals surface area contributed by atoms with E-state index in [1.54, 1.807) is 23.9 Å². The second-order valence-corrected chi connectivity index (χ2v) is 6.61. The Balaban J connectivity index is 0.00000208. The molecule has 1 amide bonds. The minimum Gasteiger partial charge on any atom is -0.379 e. The normalized spacial score (nSPS) is 16.7. The van der Waals surface area contributed by atoms with Crippen molar-refractivity contribution in [3.05, 3.63) is 58.9 Å². The Bertz CT molecular complexity index is 752. The van der Waals surface area contributed by atoms with Crippen LogP contribution in [0, 0.1) is 0 Å². The number of nitrogens with zero attached hydrogens (tertiary/aromatic N) is 2. The minimum absolute atomic E-state index is 0. The van der Waals surface area contributed by atoms with E-state index in [4.69, 9.17) is 17.3 Å². The van der Waals surface area contributed by atoms with Gasteiger partial charge in [-0.25, -0.2) is 4.98 Å². The third kappa shape index (κ3) is 4.63. The Hall–Kier alpha value is -1.76.